The summed E-state index contributed by atoms with van der Waals surface area (Å²) >= 11 is 1.79. The maximum atomic E-state index is 9.23. The molecule has 1 aliphatic heterocycles. The van der Waals surface area contributed by atoms with Crippen molar-refractivity contribution in [3.05, 3.63) is 0 Å². The Morgan fingerprint density at radius 3 is 2.17 bits per heavy atom. The number of hydrogen-bond donors (Lipinski definition) is 4. The molecule has 5 atom stereocenters. The zero-order valence-electron chi connectivity index (χ0n) is 6.17. The lowest BCUT2D eigenvalue weighted by molar-refractivity contribution is -0.201. The third kappa shape index (κ3) is 1.88. The van der Waals surface area contributed by atoms with Crippen LogP contribution in [0.3, 0.4) is 0 Å². The van der Waals surface area contributed by atoms with E-state index in [-0.39, 0.29) is 6.61 Å². The van der Waals surface area contributed by atoms with E-state index in [0.29, 0.717) is 0 Å². The van der Waals surface area contributed by atoms with Crippen molar-refractivity contribution in [3.63, 3.8) is 0 Å². The molecule has 5 nitrogen and oxygen atoms in total. The minimum atomic E-state index is -1.25. The Balaban J connectivity index is 2.63. The van der Waals surface area contributed by atoms with Crippen LogP contribution in [-0.2, 0) is 4.74 Å². The molecule has 0 aromatic carbocycles. The van der Waals surface area contributed by atoms with Gasteiger partial charge in [0.05, 0.1) is 6.61 Å². The summed E-state index contributed by atoms with van der Waals surface area (Å²) in [5.74, 6) is 0. The van der Waals surface area contributed by atoms with E-state index < -0.39 is 28.5 Å². The van der Waals surface area contributed by atoms with Crippen molar-refractivity contribution in [1.29, 1.82) is 0 Å². The van der Waals surface area contributed by atoms with E-state index in [0.717, 1.165) is 0 Å². The molecule has 0 bridgehead atoms. The van der Waals surface area contributed by atoms with Gasteiger partial charge < -0.3 is 25.2 Å². The van der Waals surface area contributed by atoms with Crippen molar-refractivity contribution in [1.82, 2.24) is 0 Å². The average molecular weight is 286 g/mol. The van der Waals surface area contributed by atoms with Gasteiger partial charge in [-0.05, 0) is 22.6 Å². The molecule has 1 unspecified atom stereocenters. The van der Waals surface area contributed by atoms with Gasteiger partial charge in [0.25, 0.3) is 0 Å². The van der Waals surface area contributed by atoms with Crippen LogP contribution in [0, 0.1) is 0 Å². The zero-order chi connectivity index (χ0) is 9.30. The highest BCUT2D eigenvalue weighted by molar-refractivity contribution is 14.1. The first-order valence-corrected chi connectivity index (χ1v) is 4.77. The maximum absolute atomic E-state index is 9.23. The number of ether oxygens (including phenoxy) is 1. The number of aliphatic hydroxyl groups excluding tert-OH is 4. The van der Waals surface area contributed by atoms with Gasteiger partial charge in [-0.25, -0.2) is 0 Å². The Bertz CT molecular complexity index is 150. The average Bonchev–Trinajstić information content (AvgIpc) is 2.08. The van der Waals surface area contributed by atoms with Crippen molar-refractivity contribution in [2.45, 2.75) is 28.5 Å². The van der Waals surface area contributed by atoms with Gasteiger partial charge in [-0.1, -0.05) is 0 Å². The summed E-state index contributed by atoms with van der Waals surface area (Å²) in [6.07, 6.45) is -4.40. The number of hydrogen-bond acceptors (Lipinski definition) is 5. The van der Waals surface area contributed by atoms with Gasteiger partial charge >= 0.3 is 0 Å². The van der Waals surface area contributed by atoms with Gasteiger partial charge in [-0.3, -0.25) is 0 Å². The number of halogens is 1. The first-order valence-electron chi connectivity index (χ1n) is 3.52. The molecule has 0 spiro atoms. The van der Waals surface area contributed by atoms with Gasteiger partial charge in [-0.2, -0.15) is 0 Å². The smallest absolute Gasteiger partial charge is 0.137 e. The lowest BCUT2D eigenvalue weighted by atomic mass is 10.0. The standard InChI is InChI=1S/C6H11IO5/c7-6-5(11)4(10)3(9)2(1-8)12-6/h2-6,8-11H,1H2/t2-,3-,4+,5-,6?/m1/s1/i7-4. The fraction of sp³-hybridized carbons (Fsp3) is 1.00. The lowest BCUT2D eigenvalue weighted by Crippen LogP contribution is -2.56. The second-order valence-electron chi connectivity index (χ2n) is 2.68. The molecule has 12 heavy (non-hydrogen) atoms. The van der Waals surface area contributed by atoms with E-state index in [2.05, 4.69) is 0 Å². The molecule has 0 aliphatic carbocycles. The molecule has 6 heteroatoms. The summed E-state index contributed by atoms with van der Waals surface area (Å²) in [7, 11) is 0. The Kier molecular flexibility index (Phi) is 3.68. The normalized spacial score (nSPS) is 49.2. The Morgan fingerprint density at radius 2 is 1.67 bits per heavy atom. The third-order valence-electron chi connectivity index (χ3n) is 1.83. The molecule has 0 saturated carbocycles. The van der Waals surface area contributed by atoms with Crippen LogP contribution in [0.25, 0.3) is 0 Å². The number of alkyl halides is 1. The van der Waals surface area contributed by atoms with E-state index in [1.54, 1.807) is 22.6 Å². The fourth-order valence-corrected chi connectivity index (χ4v) is 1.86. The second-order valence-corrected chi connectivity index (χ2v) is 3.91. The number of aliphatic hydroxyl groups is 4. The quantitative estimate of drug-likeness (QED) is 0.338. The van der Waals surface area contributed by atoms with Gasteiger partial charge in [0.2, 0.25) is 0 Å². The zero-order valence-corrected chi connectivity index (χ0v) is 8.33. The molecule has 4 N–H and O–H groups in total. The molecule has 1 saturated heterocycles. The highest BCUT2D eigenvalue weighted by atomic mass is 123. The molecule has 0 aromatic rings. The van der Waals surface area contributed by atoms with Crippen molar-refractivity contribution in [3.8, 4) is 0 Å². The van der Waals surface area contributed by atoms with Crippen LogP contribution in [0.4, 0.5) is 0 Å². The van der Waals surface area contributed by atoms with E-state index in [1.165, 1.54) is 0 Å². The van der Waals surface area contributed by atoms with Crippen LogP contribution >= 0.6 is 22.6 Å². The van der Waals surface area contributed by atoms with Crippen LogP contribution in [0.5, 0.6) is 0 Å². The van der Waals surface area contributed by atoms with E-state index in [1.807, 2.05) is 0 Å². The number of rotatable bonds is 1. The highest BCUT2D eigenvalue weighted by Gasteiger charge is 2.42. The van der Waals surface area contributed by atoms with Crippen LogP contribution in [0.15, 0.2) is 0 Å². The van der Waals surface area contributed by atoms with E-state index in [9.17, 15) is 15.3 Å². The van der Waals surface area contributed by atoms with Crippen molar-refractivity contribution < 1.29 is 25.2 Å². The maximum Gasteiger partial charge on any atom is 0.137 e. The molecule has 1 heterocycles. The summed E-state index contributed by atoms with van der Waals surface area (Å²) in [5.41, 5.74) is 0. The van der Waals surface area contributed by atoms with E-state index in [4.69, 9.17) is 9.84 Å². The summed E-state index contributed by atoms with van der Waals surface area (Å²) in [6.45, 7) is -0.371. The van der Waals surface area contributed by atoms with Gasteiger partial charge in [-0.15, -0.1) is 0 Å². The van der Waals surface area contributed by atoms with Crippen LogP contribution in [0.1, 0.15) is 0 Å². The Morgan fingerprint density at radius 1 is 1.08 bits per heavy atom. The molecule has 1 fully saturated rings. The van der Waals surface area contributed by atoms with Gasteiger partial charge in [0, 0.05) is 0 Å². The summed E-state index contributed by atoms with van der Waals surface area (Å²) < 4.78 is 4.41. The van der Waals surface area contributed by atoms with Crippen molar-refractivity contribution in [2.24, 2.45) is 0 Å². The second kappa shape index (κ2) is 4.16. The predicted molar refractivity (Wildman–Crippen MR) is 47.8 cm³/mol. The van der Waals surface area contributed by atoms with Crippen molar-refractivity contribution >= 4 is 22.6 Å². The Labute approximate surface area is 83.1 Å². The minimum absolute atomic E-state index is 0.371. The highest BCUT2D eigenvalue weighted by Crippen LogP contribution is 2.24. The summed E-state index contributed by atoms with van der Waals surface area (Å²) in [6, 6.07) is 0. The fourth-order valence-electron chi connectivity index (χ4n) is 1.06. The SMILES string of the molecule is OC[C@H]1OC([123I])[C@H](O)[C@@H](O)[C@@H]1O. The monoisotopic (exact) mass is 286 g/mol. The Hall–Kier alpha value is 0.530. The topological polar surface area (TPSA) is 90.2 Å². The van der Waals surface area contributed by atoms with Crippen LogP contribution in [0.2, 0.25) is 0 Å². The van der Waals surface area contributed by atoms with Gasteiger partial charge in [0.15, 0.2) is 0 Å². The summed E-state index contributed by atoms with van der Waals surface area (Å²) in [4.78, 5) is 0. The van der Waals surface area contributed by atoms with Crippen molar-refractivity contribution in [2.75, 3.05) is 6.61 Å². The molecule has 72 valence electrons. The molecular weight excluding hydrogens is 275 g/mol. The first-order chi connectivity index (χ1) is 5.57. The molecule has 0 radical (unpaired) electrons. The largest absolute Gasteiger partial charge is 0.394 e. The molecule has 0 amide bonds. The molecule has 1 aliphatic rings. The predicted octanol–water partition coefficient (Wildman–Crippen LogP) is -1.78. The lowest BCUT2D eigenvalue weighted by Gasteiger charge is -2.37. The first kappa shape index (κ1) is 10.6. The summed E-state index contributed by atoms with van der Waals surface area (Å²) in [5, 5.41) is 36.4. The van der Waals surface area contributed by atoms with Crippen LogP contribution < -0.4 is 0 Å². The van der Waals surface area contributed by atoms with Crippen LogP contribution in [-0.4, -0.2) is 55.6 Å². The molecular formula is C6H11IO5. The molecule has 1 rings (SSSR count). The van der Waals surface area contributed by atoms with Gasteiger partial charge in [0.1, 0.15) is 28.5 Å². The minimum Gasteiger partial charge on any atom is -0.394 e. The third-order valence-corrected chi connectivity index (χ3v) is 2.86. The molecule has 0 aromatic heterocycles. The van der Waals surface area contributed by atoms with E-state index >= 15 is 0 Å².